The third-order valence-corrected chi connectivity index (χ3v) is 3.96. The first-order chi connectivity index (χ1) is 12.6. The summed E-state index contributed by atoms with van der Waals surface area (Å²) in [6.07, 6.45) is 2.78. The summed E-state index contributed by atoms with van der Waals surface area (Å²) in [4.78, 5) is 42.1. The maximum Gasteiger partial charge on any atom is 0.364 e. The summed E-state index contributed by atoms with van der Waals surface area (Å²) in [6.45, 7) is 0. The number of carbonyl (C=O) groups excluding carboxylic acids is 3. The van der Waals surface area contributed by atoms with E-state index in [2.05, 4.69) is 0 Å². The number of carbonyl (C=O) groups is 3. The van der Waals surface area contributed by atoms with Crippen molar-refractivity contribution >= 4 is 17.8 Å². The zero-order chi connectivity index (χ0) is 18.3. The van der Waals surface area contributed by atoms with Crippen molar-refractivity contribution in [2.45, 2.75) is 0 Å². The van der Waals surface area contributed by atoms with Gasteiger partial charge in [-0.15, -0.1) is 0 Å². The quantitative estimate of drug-likeness (QED) is 0.676. The lowest BCUT2D eigenvalue weighted by Crippen LogP contribution is -2.32. The molecule has 3 aromatic rings. The van der Waals surface area contributed by atoms with Crippen LogP contribution in [-0.2, 0) is 4.84 Å². The van der Waals surface area contributed by atoms with E-state index in [1.807, 2.05) is 0 Å². The highest BCUT2D eigenvalue weighted by molar-refractivity contribution is 6.21. The Balaban J connectivity index is 1.67. The van der Waals surface area contributed by atoms with Gasteiger partial charge in [-0.3, -0.25) is 9.59 Å². The van der Waals surface area contributed by atoms with Crippen LogP contribution in [0.5, 0.6) is 0 Å². The molecule has 2 heterocycles. The van der Waals surface area contributed by atoms with E-state index in [1.54, 1.807) is 18.2 Å². The summed E-state index contributed by atoms with van der Waals surface area (Å²) in [5, 5.41) is 0.386. The number of rotatable bonds is 3. The molecular weight excluding hydrogens is 341 g/mol. The number of hydrogen-bond donors (Lipinski definition) is 0. The first kappa shape index (κ1) is 15.8. The van der Waals surface area contributed by atoms with E-state index in [-0.39, 0.29) is 16.7 Å². The van der Waals surface area contributed by atoms with Crippen molar-refractivity contribution in [1.29, 1.82) is 0 Å². The molecule has 7 heteroatoms. The van der Waals surface area contributed by atoms with Gasteiger partial charge in [-0.05, 0) is 35.9 Å². The number of hydrogen-bond acceptors (Lipinski definition) is 5. The molecule has 0 atom stereocenters. The summed E-state index contributed by atoms with van der Waals surface area (Å²) in [5.41, 5.74) is 1.02. The lowest BCUT2D eigenvalue weighted by atomic mass is 10.0. The molecule has 0 unspecified atom stereocenters. The van der Waals surface area contributed by atoms with Crippen LogP contribution in [0.4, 0.5) is 4.39 Å². The van der Waals surface area contributed by atoms with Crippen molar-refractivity contribution in [2.24, 2.45) is 0 Å². The molecule has 1 aromatic heterocycles. The van der Waals surface area contributed by atoms with E-state index >= 15 is 0 Å². The molecule has 2 aromatic carbocycles. The van der Waals surface area contributed by atoms with Crippen molar-refractivity contribution in [3.8, 4) is 11.1 Å². The Morgan fingerprint density at radius 3 is 2.27 bits per heavy atom. The monoisotopic (exact) mass is 351 g/mol. The molecule has 0 fully saturated rings. The van der Waals surface area contributed by atoms with Crippen LogP contribution in [0.2, 0.25) is 0 Å². The fourth-order valence-corrected chi connectivity index (χ4v) is 2.74. The SMILES string of the molecule is O=C(ON1C(=O)c2ccccc2C1=O)c1cc(F)ccc1-c1ccoc1. The highest BCUT2D eigenvalue weighted by Gasteiger charge is 2.39. The Hall–Kier alpha value is -3.74. The second-order valence-electron chi connectivity index (χ2n) is 5.53. The zero-order valence-electron chi connectivity index (χ0n) is 13.1. The van der Waals surface area contributed by atoms with Gasteiger partial charge in [0.05, 0.1) is 29.2 Å². The molecule has 0 bridgehead atoms. The van der Waals surface area contributed by atoms with Crippen molar-refractivity contribution < 1.29 is 28.0 Å². The molecule has 128 valence electrons. The minimum Gasteiger partial charge on any atom is -0.472 e. The first-order valence-corrected chi connectivity index (χ1v) is 7.58. The molecule has 0 saturated carbocycles. The lowest BCUT2D eigenvalue weighted by molar-refractivity contribution is -0.0584. The third-order valence-electron chi connectivity index (χ3n) is 3.96. The molecule has 0 aliphatic carbocycles. The van der Waals surface area contributed by atoms with Gasteiger partial charge in [0, 0.05) is 5.56 Å². The summed E-state index contributed by atoms with van der Waals surface area (Å²) in [5.74, 6) is -3.19. The second kappa shape index (κ2) is 5.96. The van der Waals surface area contributed by atoms with Gasteiger partial charge in [0.25, 0.3) is 11.8 Å². The molecule has 26 heavy (non-hydrogen) atoms. The fraction of sp³-hybridized carbons (Fsp3) is 0. The normalized spacial score (nSPS) is 13.0. The van der Waals surface area contributed by atoms with Crippen LogP contribution in [0.1, 0.15) is 31.1 Å². The molecule has 0 spiro atoms. The third kappa shape index (κ3) is 2.46. The largest absolute Gasteiger partial charge is 0.472 e. The van der Waals surface area contributed by atoms with Crippen LogP contribution in [-0.4, -0.2) is 22.8 Å². The van der Waals surface area contributed by atoms with Crippen LogP contribution in [0, 0.1) is 5.82 Å². The van der Waals surface area contributed by atoms with Crippen LogP contribution < -0.4 is 0 Å². The van der Waals surface area contributed by atoms with Gasteiger partial charge in [0.2, 0.25) is 0 Å². The van der Waals surface area contributed by atoms with Gasteiger partial charge in [-0.1, -0.05) is 23.3 Å². The van der Waals surface area contributed by atoms with Crippen molar-refractivity contribution in [3.63, 3.8) is 0 Å². The van der Waals surface area contributed by atoms with Crippen LogP contribution >= 0.6 is 0 Å². The van der Waals surface area contributed by atoms with E-state index < -0.39 is 23.6 Å². The second-order valence-corrected chi connectivity index (χ2v) is 5.53. The van der Waals surface area contributed by atoms with Crippen molar-refractivity contribution in [2.75, 3.05) is 0 Å². The number of nitrogens with zero attached hydrogens (tertiary/aromatic N) is 1. The highest BCUT2D eigenvalue weighted by Crippen LogP contribution is 2.28. The highest BCUT2D eigenvalue weighted by atomic mass is 19.1. The fourth-order valence-electron chi connectivity index (χ4n) is 2.74. The van der Waals surface area contributed by atoms with Gasteiger partial charge in [0.1, 0.15) is 5.82 Å². The number of hydroxylamine groups is 2. The number of fused-ring (bicyclic) bond motifs is 1. The van der Waals surface area contributed by atoms with Crippen LogP contribution in [0.25, 0.3) is 11.1 Å². The number of furan rings is 1. The van der Waals surface area contributed by atoms with Crippen molar-refractivity contribution in [1.82, 2.24) is 5.06 Å². The predicted molar refractivity (Wildman–Crippen MR) is 86.5 cm³/mol. The Morgan fingerprint density at radius 1 is 0.962 bits per heavy atom. The van der Waals surface area contributed by atoms with E-state index in [0.29, 0.717) is 16.2 Å². The Morgan fingerprint density at radius 2 is 1.65 bits per heavy atom. The maximum absolute atomic E-state index is 13.7. The van der Waals surface area contributed by atoms with E-state index in [1.165, 1.54) is 36.8 Å². The Kier molecular flexibility index (Phi) is 3.62. The van der Waals surface area contributed by atoms with Gasteiger partial charge in [-0.2, -0.15) is 0 Å². The minimum atomic E-state index is -1.03. The molecule has 1 aliphatic rings. The smallest absolute Gasteiger partial charge is 0.364 e. The number of halogens is 1. The molecule has 2 amide bonds. The average Bonchev–Trinajstić information content (AvgIpc) is 3.26. The van der Waals surface area contributed by atoms with Gasteiger partial charge < -0.3 is 9.25 Å². The average molecular weight is 351 g/mol. The maximum atomic E-state index is 13.7. The van der Waals surface area contributed by atoms with Gasteiger partial charge in [0.15, 0.2) is 0 Å². The molecule has 6 nitrogen and oxygen atoms in total. The van der Waals surface area contributed by atoms with Crippen molar-refractivity contribution in [3.05, 3.63) is 83.6 Å². The number of imide groups is 1. The van der Waals surface area contributed by atoms with Gasteiger partial charge in [-0.25, -0.2) is 9.18 Å². The summed E-state index contributed by atoms with van der Waals surface area (Å²) in [7, 11) is 0. The summed E-state index contributed by atoms with van der Waals surface area (Å²) >= 11 is 0. The summed E-state index contributed by atoms with van der Waals surface area (Å²) < 4.78 is 18.6. The molecule has 0 radical (unpaired) electrons. The number of amides is 2. The topological polar surface area (TPSA) is 76.8 Å². The Bertz CT molecular complexity index is 1010. The van der Waals surface area contributed by atoms with Crippen LogP contribution in [0.3, 0.4) is 0 Å². The van der Waals surface area contributed by atoms with E-state index in [4.69, 9.17) is 9.25 Å². The molecule has 1 aliphatic heterocycles. The van der Waals surface area contributed by atoms with Crippen LogP contribution in [0.15, 0.2) is 65.5 Å². The first-order valence-electron chi connectivity index (χ1n) is 7.58. The lowest BCUT2D eigenvalue weighted by Gasteiger charge is -2.14. The van der Waals surface area contributed by atoms with E-state index in [9.17, 15) is 18.8 Å². The molecular formula is C19H10FNO5. The molecule has 0 N–H and O–H groups in total. The summed E-state index contributed by atoms with van der Waals surface area (Å²) in [6, 6.07) is 11.2. The standard InChI is InChI=1S/C19H10FNO5/c20-12-5-6-13(11-7-8-25-10-11)16(9-12)19(24)26-21-17(22)14-3-1-2-4-15(14)18(21)23/h1-10H. The van der Waals surface area contributed by atoms with E-state index in [0.717, 1.165) is 6.07 Å². The predicted octanol–water partition coefficient (Wildman–Crippen LogP) is 3.45. The Labute approximate surface area is 146 Å². The zero-order valence-corrected chi connectivity index (χ0v) is 13.1. The number of benzene rings is 2. The minimum absolute atomic E-state index is 0.136. The van der Waals surface area contributed by atoms with Gasteiger partial charge >= 0.3 is 5.97 Å². The molecule has 4 rings (SSSR count). The molecule has 0 saturated heterocycles.